The lowest BCUT2D eigenvalue weighted by Gasteiger charge is -2.16. The highest BCUT2D eigenvalue weighted by atomic mass is 79.9. The summed E-state index contributed by atoms with van der Waals surface area (Å²) in [7, 11) is 0. The predicted molar refractivity (Wildman–Crippen MR) is 85.8 cm³/mol. The van der Waals surface area contributed by atoms with Crippen molar-refractivity contribution in [3.63, 3.8) is 0 Å². The first kappa shape index (κ1) is 15.8. The molecule has 20 heavy (non-hydrogen) atoms. The average Bonchev–Trinajstić information content (AvgIpc) is 2.35. The van der Waals surface area contributed by atoms with E-state index in [0.717, 1.165) is 15.6 Å². The lowest BCUT2D eigenvalue weighted by molar-refractivity contribution is 0.569. The van der Waals surface area contributed by atoms with E-state index < -0.39 is 0 Å². The number of halogens is 4. The number of benzene rings is 2. The summed E-state index contributed by atoms with van der Waals surface area (Å²) in [5.74, 6) is -0.256. The van der Waals surface area contributed by atoms with Crippen LogP contribution in [0.15, 0.2) is 40.9 Å². The van der Waals surface area contributed by atoms with Crippen molar-refractivity contribution in [1.82, 2.24) is 5.32 Å². The molecule has 1 atom stereocenters. The van der Waals surface area contributed by atoms with E-state index in [1.165, 1.54) is 12.1 Å². The van der Waals surface area contributed by atoms with Crippen LogP contribution >= 0.6 is 39.1 Å². The second-order valence-corrected chi connectivity index (χ2v) is 6.31. The highest BCUT2D eigenvalue weighted by molar-refractivity contribution is 9.10. The van der Waals surface area contributed by atoms with E-state index in [4.69, 9.17) is 23.2 Å². The highest BCUT2D eigenvalue weighted by Crippen LogP contribution is 2.26. The van der Waals surface area contributed by atoms with E-state index >= 15 is 0 Å². The van der Waals surface area contributed by atoms with Gasteiger partial charge in [0.2, 0.25) is 0 Å². The molecule has 5 heteroatoms. The quantitative estimate of drug-likeness (QED) is 0.716. The van der Waals surface area contributed by atoms with Gasteiger partial charge in [0.05, 0.1) is 0 Å². The summed E-state index contributed by atoms with van der Waals surface area (Å²) in [4.78, 5) is 0. The van der Waals surface area contributed by atoms with Gasteiger partial charge in [-0.1, -0.05) is 45.2 Å². The second-order valence-electron chi connectivity index (χ2n) is 4.55. The minimum absolute atomic E-state index is 0.0433. The molecule has 1 unspecified atom stereocenters. The van der Waals surface area contributed by atoms with Gasteiger partial charge >= 0.3 is 0 Å². The lowest BCUT2D eigenvalue weighted by atomic mass is 10.1. The van der Waals surface area contributed by atoms with Crippen LogP contribution in [0, 0.1) is 5.82 Å². The Labute approximate surface area is 136 Å². The van der Waals surface area contributed by atoms with Gasteiger partial charge in [0.1, 0.15) is 5.82 Å². The molecular formula is C15H13BrCl2FN. The first-order chi connectivity index (χ1) is 9.45. The maximum absolute atomic E-state index is 13.3. The second kappa shape index (κ2) is 6.90. The van der Waals surface area contributed by atoms with Crippen molar-refractivity contribution in [3.8, 4) is 0 Å². The Kier molecular flexibility index (Phi) is 5.44. The van der Waals surface area contributed by atoms with Crippen LogP contribution in [0.1, 0.15) is 24.1 Å². The van der Waals surface area contributed by atoms with E-state index in [1.807, 2.05) is 19.1 Å². The van der Waals surface area contributed by atoms with E-state index in [-0.39, 0.29) is 11.9 Å². The van der Waals surface area contributed by atoms with Crippen molar-refractivity contribution >= 4 is 39.1 Å². The Balaban J connectivity index is 2.06. The van der Waals surface area contributed by atoms with E-state index in [0.29, 0.717) is 16.6 Å². The summed E-state index contributed by atoms with van der Waals surface area (Å²) >= 11 is 15.3. The smallest absolute Gasteiger partial charge is 0.124 e. The fraction of sp³-hybridized carbons (Fsp3) is 0.200. The molecule has 0 bridgehead atoms. The molecule has 106 valence electrons. The zero-order chi connectivity index (χ0) is 14.7. The third kappa shape index (κ3) is 4.19. The standard InChI is InChI=1S/C15H13BrCl2FN/c1-9(14-3-2-12(17)7-15(14)18)20-8-10-4-11(16)6-13(19)5-10/h2-7,9,20H,8H2,1H3. The van der Waals surface area contributed by atoms with Crippen LogP contribution in [0.3, 0.4) is 0 Å². The van der Waals surface area contributed by atoms with Crippen LogP contribution in [-0.2, 0) is 6.54 Å². The van der Waals surface area contributed by atoms with Crippen molar-refractivity contribution in [2.45, 2.75) is 19.5 Å². The summed E-state index contributed by atoms with van der Waals surface area (Å²) in [5, 5.41) is 4.55. The first-order valence-electron chi connectivity index (χ1n) is 6.09. The van der Waals surface area contributed by atoms with Crippen molar-refractivity contribution in [1.29, 1.82) is 0 Å². The number of rotatable bonds is 4. The van der Waals surface area contributed by atoms with Crippen molar-refractivity contribution in [3.05, 3.63) is 67.9 Å². The fourth-order valence-electron chi connectivity index (χ4n) is 1.95. The minimum atomic E-state index is -0.256. The molecule has 0 aliphatic rings. The largest absolute Gasteiger partial charge is 0.306 e. The molecule has 2 aromatic rings. The van der Waals surface area contributed by atoms with Gasteiger partial charge in [-0.05, 0) is 48.4 Å². The fourth-order valence-corrected chi connectivity index (χ4v) is 3.03. The molecular weight excluding hydrogens is 364 g/mol. The maximum Gasteiger partial charge on any atom is 0.124 e. The van der Waals surface area contributed by atoms with Crippen LogP contribution in [0.25, 0.3) is 0 Å². The van der Waals surface area contributed by atoms with Gasteiger partial charge in [-0.3, -0.25) is 0 Å². The molecule has 0 saturated heterocycles. The molecule has 1 N–H and O–H groups in total. The third-order valence-corrected chi connectivity index (χ3v) is 3.98. The SMILES string of the molecule is CC(NCc1cc(F)cc(Br)c1)c1ccc(Cl)cc1Cl. The summed E-state index contributed by atoms with van der Waals surface area (Å²) in [5.41, 5.74) is 1.83. The van der Waals surface area contributed by atoms with Gasteiger partial charge in [-0.15, -0.1) is 0 Å². The van der Waals surface area contributed by atoms with Gasteiger partial charge in [0, 0.05) is 27.1 Å². The van der Waals surface area contributed by atoms with Crippen LogP contribution < -0.4 is 5.32 Å². The van der Waals surface area contributed by atoms with E-state index in [1.54, 1.807) is 12.1 Å². The molecule has 0 amide bonds. The molecule has 0 heterocycles. The van der Waals surface area contributed by atoms with Crippen molar-refractivity contribution in [2.24, 2.45) is 0 Å². The summed E-state index contributed by atoms with van der Waals surface area (Å²) < 4.78 is 14.0. The zero-order valence-corrected chi connectivity index (χ0v) is 13.9. The van der Waals surface area contributed by atoms with Crippen molar-refractivity contribution in [2.75, 3.05) is 0 Å². The minimum Gasteiger partial charge on any atom is -0.306 e. The Hall–Kier alpha value is -0.610. The molecule has 0 aromatic heterocycles. The Bertz CT molecular complexity index is 599. The molecule has 1 nitrogen and oxygen atoms in total. The predicted octanol–water partition coefficient (Wildman–Crippen LogP) is 5.75. The van der Waals surface area contributed by atoms with Gasteiger partial charge in [0.25, 0.3) is 0 Å². The highest BCUT2D eigenvalue weighted by Gasteiger charge is 2.10. The molecule has 0 fully saturated rings. The van der Waals surface area contributed by atoms with Crippen LogP contribution in [0.4, 0.5) is 4.39 Å². The van der Waals surface area contributed by atoms with E-state index in [9.17, 15) is 4.39 Å². The van der Waals surface area contributed by atoms with Gasteiger partial charge < -0.3 is 5.32 Å². The first-order valence-corrected chi connectivity index (χ1v) is 7.64. The molecule has 2 rings (SSSR count). The Morgan fingerprint density at radius 1 is 1.20 bits per heavy atom. The number of hydrogen-bond acceptors (Lipinski definition) is 1. The monoisotopic (exact) mass is 375 g/mol. The van der Waals surface area contributed by atoms with Gasteiger partial charge in [-0.25, -0.2) is 4.39 Å². The molecule has 0 aliphatic carbocycles. The Morgan fingerprint density at radius 2 is 1.95 bits per heavy atom. The van der Waals surface area contributed by atoms with Crippen LogP contribution in [0.5, 0.6) is 0 Å². The number of hydrogen-bond donors (Lipinski definition) is 1. The summed E-state index contributed by atoms with van der Waals surface area (Å²) in [6, 6.07) is 10.3. The van der Waals surface area contributed by atoms with E-state index in [2.05, 4.69) is 21.2 Å². The normalized spacial score (nSPS) is 12.4. The van der Waals surface area contributed by atoms with Crippen LogP contribution in [-0.4, -0.2) is 0 Å². The maximum atomic E-state index is 13.3. The topological polar surface area (TPSA) is 12.0 Å². The number of nitrogens with one attached hydrogen (secondary N) is 1. The molecule has 0 aliphatic heterocycles. The average molecular weight is 377 g/mol. The van der Waals surface area contributed by atoms with Crippen molar-refractivity contribution < 1.29 is 4.39 Å². The van der Waals surface area contributed by atoms with Gasteiger partial charge in [0.15, 0.2) is 0 Å². The summed E-state index contributed by atoms with van der Waals surface area (Å²) in [6.45, 7) is 2.56. The molecule has 2 aromatic carbocycles. The van der Waals surface area contributed by atoms with Gasteiger partial charge in [-0.2, -0.15) is 0 Å². The third-order valence-electron chi connectivity index (χ3n) is 2.96. The molecule has 0 spiro atoms. The molecule has 0 radical (unpaired) electrons. The summed E-state index contributed by atoms with van der Waals surface area (Å²) in [6.07, 6.45) is 0. The molecule has 0 saturated carbocycles. The Morgan fingerprint density at radius 3 is 2.60 bits per heavy atom. The lowest BCUT2D eigenvalue weighted by Crippen LogP contribution is -2.18. The van der Waals surface area contributed by atoms with Crippen LogP contribution in [0.2, 0.25) is 10.0 Å². The zero-order valence-electron chi connectivity index (χ0n) is 10.8.